The van der Waals surface area contributed by atoms with Crippen LogP contribution in [0, 0.1) is 0 Å². The number of hydrogen-bond donors (Lipinski definition) is 2. The first kappa shape index (κ1) is 20.3. The van der Waals surface area contributed by atoms with Gasteiger partial charge in [-0.15, -0.1) is 0 Å². The summed E-state index contributed by atoms with van der Waals surface area (Å²) in [5, 5.41) is 0. The van der Waals surface area contributed by atoms with Crippen LogP contribution in [0.5, 0.6) is 11.5 Å². The topological polar surface area (TPSA) is 98.4 Å². The average molecular weight is 412 g/mol. The molecule has 1 saturated heterocycles. The van der Waals surface area contributed by atoms with Gasteiger partial charge in [0, 0.05) is 31.9 Å². The van der Waals surface area contributed by atoms with E-state index in [1.54, 1.807) is 12.5 Å². The van der Waals surface area contributed by atoms with Gasteiger partial charge in [0.2, 0.25) is 0 Å². The van der Waals surface area contributed by atoms with Crippen molar-refractivity contribution in [2.75, 3.05) is 32.0 Å². The zero-order valence-electron chi connectivity index (χ0n) is 17.6. The molecular formula is C22H29N5O3. The number of ether oxygens (including phenoxy) is 2. The molecule has 0 atom stereocenters. The van der Waals surface area contributed by atoms with Gasteiger partial charge in [0.25, 0.3) is 5.56 Å². The van der Waals surface area contributed by atoms with Gasteiger partial charge in [0.05, 0.1) is 25.1 Å². The highest BCUT2D eigenvalue weighted by Crippen LogP contribution is 2.35. The molecule has 0 saturated carbocycles. The van der Waals surface area contributed by atoms with E-state index in [4.69, 9.17) is 15.2 Å². The van der Waals surface area contributed by atoms with Crippen LogP contribution in [0.1, 0.15) is 38.3 Å². The first-order valence-electron chi connectivity index (χ1n) is 10.5. The van der Waals surface area contributed by atoms with Crippen molar-refractivity contribution in [2.45, 2.75) is 39.3 Å². The molecule has 0 unspecified atom stereocenters. The number of anilines is 1. The summed E-state index contributed by atoms with van der Waals surface area (Å²) in [7, 11) is 0. The maximum atomic E-state index is 11.9. The molecule has 1 fully saturated rings. The lowest BCUT2D eigenvalue weighted by Crippen LogP contribution is -2.34. The number of nitrogens with zero attached hydrogens (tertiary/aromatic N) is 3. The van der Waals surface area contributed by atoms with E-state index in [1.807, 2.05) is 32.0 Å². The summed E-state index contributed by atoms with van der Waals surface area (Å²) in [4.78, 5) is 21.4. The molecule has 8 nitrogen and oxygen atoms in total. The highest BCUT2D eigenvalue weighted by atomic mass is 16.5. The number of nitrogen functional groups attached to an aromatic ring is 1. The first-order chi connectivity index (χ1) is 14.6. The molecule has 2 aromatic heterocycles. The van der Waals surface area contributed by atoms with Crippen LogP contribution in [0.3, 0.4) is 0 Å². The molecule has 0 amide bonds. The van der Waals surface area contributed by atoms with E-state index in [2.05, 4.69) is 19.4 Å². The summed E-state index contributed by atoms with van der Waals surface area (Å²) in [6, 6.07) is 6.30. The van der Waals surface area contributed by atoms with Crippen LogP contribution in [0.2, 0.25) is 0 Å². The number of benzene rings is 1. The Hall–Kier alpha value is -3.00. The largest absolute Gasteiger partial charge is 0.492 e. The third-order valence-corrected chi connectivity index (χ3v) is 5.62. The van der Waals surface area contributed by atoms with Crippen LogP contribution >= 0.6 is 0 Å². The predicted octanol–water partition coefficient (Wildman–Crippen LogP) is 2.94. The zero-order chi connectivity index (χ0) is 21.1. The van der Waals surface area contributed by atoms with Gasteiger partial charge in [0.1, 0.15) is 17.2 Å². The Morgan fingerprint density at radius 3 is 2.47 bits per heavy atom. The average Bonchev–Trinajstić information content (AvgIpc) is 3.18. The Balaban J connectivity index is 1.46. The second kappa shape index (κ2) is 8.79. The fourth-order valence-corrected chi connectivity index (χ4v) is 4.18. The SMILES string of the molecule is CCOc1cc(CN2CCC(n3cnc4c(=O)[nH]ccc43)CC2)cc(OCC)c1N. The number of aromatic amines is 1. The number of pyridine rings is 1. The summed E-state index contributed by atoms with van der Waals surface area (Å²) in [6.07, 6.45) is 5.49. The third-order valence-electron chi connectivity index (χ3n) is 5.62. The number of nitrogens with two attached hydrogens (primary N) is 1. The molecule has 160 valence electrons. The monoisotopic (exact) mass is 411 g/mol. The maximum absolute atomic E-state index is 11.9. The van der Waals surface area contributed by atoms with Gasteiger partial charge in [-0.05, 0) is 50.5 Å². The maximum Gasteiger partial charge on any atom is 0.276 e. The molecule has 4 rings (SSSR count). The van der Waals surface area contributed by atoms with Crippen LogP contribution in [-0.2, 0) is 6.54 Å². The normalized spacial score (nSPS) is 15.5. The van der Waals surface area contributed by atoms with Crippen molar-refractivity contribution in [3.05, 3.63) is 46.6 Å². The van der Waals surface area contributed by atoms with Gasteiger partial charge in [-0.2, -0.15) is 0 Å². The molecule has 0 radical (unpaired) electrons. The number of nitrogens with one attached hydrogen (secondary N) is 1. The van der Waals surface area contributed by atoms with E-state index in [9.17, 15) is 4.79 Å². The Morgan fingerprint density at radius 2 is 1.83 bits per heavy atom. The fourth-order valence-electron chi connectivity index (χ4n) is 4.18. The van der Waals surface area contributed by atoms with E-state index < -0.39 is 0 Å². The summed E-state index contributed by atoms with van der Waals surface area (Å²) in [5.74, 6) is 1.37. The lowest BCUT2D eigenvalue weighted by Gasteiger charge is -2.33. The number of aromatic nitrogens is 3. The fraction of sp³-hybridized carbons (Fsp3) is 0.455. The minimum atomic E-state index is -0.137. The number of hydrogen-bond acceptors (Lipinski definition) is 6. The van der Waals surface area contributed by atoms with Crippen molar-refractivity contribution < 1.29 is 9.47 Å². The highest BCUT2D eigenvalue weighted by molar-refractivity contribution is 5.73. The first-order valence-corrected chi connectivity index (χ1v) is 10.5. The van der Waals surface area contributed by atoms with Crippen molar-refractivity contribution in [2.24, 2.45) is 0 Å². The summed E-state index contributed by atoms with van der Waals surface area (Å²) in [6.45, 7) is 7.77. The molecule has 3 N–H and O–H groups in total. The highest BCUT2D eigenvalue weighted by Gasteiger charge is 2.23. The van der Waals surface area contributed by atoms with Gasteiger partial charge < -0.3 is 24.8 Å². The Morgan fingerprint density at radius 1 is 1.17 bits per heavy atom. The van der Waals surface area contributed by atoms with Gasteiger partial charge in [0.15, 0.2) is 5.52 Å². The van der Waals surface area contributed by atoms with E-state index in [-0.39, 0.29) is 5.56 Å². The number of imidazole rings is 1. The molecule has 3 heterocycles. The summed E-state index contributed by atoms with van der Waals surface area (Å²) >= 11 is 0. The Labute approximate surface area is 175 Å². The number of fused-ring (bicyclic) bond motifs is 1. The minimum absolute atomic E-state index is 0.137. The smallest absolute Gasteiger partial charge is 0.276 e. The molecule has 3 aromatic rings. The van der Waals surface area contributed by atoms with Crippen molar-refractivity contribution in [3.8, 4) is 11.5 Å². The molecular weight excluding hydrogens is 382 g/mol. The number of rotatable bonds is 7. The lowest BCUT2D eigenvalue weighted by molar-refractivity contribution is 0.181. The van der Waals surface area contributed by atoms with Crippen LogP contribution < -0.4 is 20.8 Å². The van der Waals surface area contributed by atoms with E-state index in [1.165, 1.54) is 0 Å². The van der Waals surface area contributed by atoms with Crippen molar-refractivity contribution in [1.82, 2.24) is 19.4 Å². The molecule has 0 spiro atoms. The molecule has 1 aliphatic rings. The lowest BCUT2D eigenvalue weighted by atomic mass is 10.0. The summed E-state index contributed by atoms with van der Waals surface area (Å²) in [5.41, 5.74) is 9.15. The van der Waals surface area contributed by atoms with Crippen molar-refractivity contribution >= 4 is 16.7 Å². The number of H-pyrrole nitrogens is 1. The van der Waals surface area contributed by atoms with E-state index in [0.717, 1.165) is 43.6 Å². The Bertz CT molecular complexity index is 1040. The van der Waals surface area contributed by atoms with Gasteiger partial charge in [-0.25, -0.2) is 4.98 Å². The number of likely N-dealkylation sites (tertiary alicyclic amines) is 1. The second-order valence-corrected chi connectivity index (χ2v) is 7.57. The molecule has 0 aliphatic carbocycles. The number of piperidine rings is 1. The Kier molecular flexibility index (Phi) is 5.94. The van der Waals surface area contributed by atoms with E-state index >= 15 is 0 Å². The van der Waals surface area contributed by atoms with Gasteiger partial charge in [-0.1, -0.05) is 0 Å². The second-order valence-electron chi connectivity index (χ2n) is 7.57. The molecule has 30 heavy (non-hydrogen) atoms. The molecule has 1 aromatic carbocycles. The molecule has 1 aliphatic heterocycles. The van der Waals surface area contributed by atoms with E-state index in [0.29, 0.717) is 42.0 Å². The quantitative estimate of drug-likeness (QED) is 0.580. The van der Waals surface area contributed by atoms with Crippen molar-refractivity contribution in [3.63, 3.8) is 0 Å². The van der Waals surface area contributed by atoms with Gasteiger partial charge >= 0.3 is 0 Å². The third kappa shape index (κ3) is 4.00. The predicted molar refractivity (Wildman–Crippen MR) is 117 cm³/mol. The standard InChI is InChI=1S/C22H29N5O3/c1-3-29-18-11-15(12-19(20(18)23)30-4-2)13-26-9-6-16(7-10-26)27-14-25-21-17(27)5-8-24-22(21)28/h5,8,11-12,14,16H,3-4,6-7,9-10,13,23H2,1-2H3,(H,24,28). The van der Waals surface area contributed by atoms with Gasteiger partial charge in [-0.3, -0.25) is 9.69 Å². The zero-order valence-corrected chi connectivity index (χ0v) is 17.6. The van der Waals surface area contributed by atoms with Crippen LogP contribution in [0.15, 0.2) is 35.5 Å². The molecule has 8 heteroatoms. The van der Waals surface area contributed by atoms with Crippen molar-refractivity contribution in [1.29, 1.82) is 0 Å². The summed E-state index contributed by atoms with van der Waals surface area (Å²) < 4.78 is 13.6. The minimum Gasteiger partial charge on any atom is -0.492 e. The van der Waals surface area contributed by atoms with Crippen LogP contribution in [-0.4, -0.2) is 45.7 Å². The molecule has 0 bridgehead atoms. The van der Waals surface area contributed by atoms with Crippen LogP contribution in [0.4, 0.5) is 5.69 Å². The van der Waals surface area contributed by atoms with Crippen LogP contribution in [0.25, 0.3) is 11.0 Å².